The second-order valence-electron chi connectivity index (χ2n) is 5.24. The average molecular weight is 382 g/mol. The molecule has 1 aromatic heterocycles. The lowest BCUT2D eigenvalue weighted by Crippen LogP contribution is -2.22. The summed E-state index contributed by atoms with van der Waals surface area (Å²) in [5.74, 6) is -0.151. The van der Waals surface area contributed by atoms with Crippen LogP contribution in [0.4, 0.5) is 11.4 Å². The van der Waals surface area contributed by atoms with Crippen molar-refractivity contribution in [1.29, 1.82) is 0 Å². The third-order valence-electron chi connectivity index (χ3n) is 3.45. The van der Waals surface area contributed by atoms with Crippen molar-refractivity contribution in [3.8, 4) is 0 Å². The van der Waals surface area contributed by atoms with Crippen LogP contribution in [-0.4, -0.2) is 10.9 Å². The first-order valence-electron chi connectivity index (χ1n) is 7.51. The summed E-state index contributed by atoms with van der Waals surface area (Å²) < 4.78 is 0.948. The van der Waals surface area contributed by atoms with E-state index in [0.717, 1.165) is 21.4 Å². The monoisotopic (exact) mass is 381 g/mol. The number of nitrogens with zero attached hydrogens (tertiary/aromatic N) is 1. The normalized spacial score (nSPS) is 10.2. The molecule has 0 atom stereocenters. The summed E-state index contributed by atoms with van der Waals surface area (Å²) in [6.45, 7) is 0.488. The maximum Gasteiger partial charge on any atom is 0.253 e. The molecule has 0 aliphatic heterocycles. The fourth-order valence-electron chi connectivity index (χ4n) is 2.23. The number of nitrogens with one attached hydrogen (secondary N) is 2. The van der Waals surface area contributed by atoms with Crippen molar-refractivity contribution in [3.05, 3.63) is 88.7 Å². The van der Waals surface area contributed by atoms with Crippen LogP contribution >= 0.6 is 15.9 Å². The van der Waals surface area contributed by atoms with Gasteiger partial charge in [-0.3, -0.25) is 9.78 Å². The lowest BCUT2D eigenvalue weighted by Gasteiger charge is -2.10. The topological polar surface area (TPSA) is 54.0 Å². The van der Waals surface area contributed by atoms with Crippen molar-refractivity contribution in [1.82, 2.24) is 10.3 Å². The number of amides is 1. The first kappa shape index (κ1) is 16.2. The first-order chi connectivity index (χ1) is 11.7. The van der Waals surface area contributed by atoms with Gasteiger partial charge in [0.2, 0.25) is 0 Å². The predicted molar refractivity (Wildman–Crippen MR) is 99.3 cm³/mol. The minimum Gasteiger partial charge on any atom is -0.353 e. The number of carbonyl (C=O) groups excluding carboxylic acids is 1. The molecule has 1 amide bonds. The highest BCUT2D eigenvalue weighted by molar-refractivity contribution is 9.10. The van der Waals surface area contributed by atoms with Gasteiger partial charge in [0, 0.05) is 17.2 Å². The highest BCUT2D eigenvalue weighted by atomic mass is 79.9. The van der Waals surface area contributed by atoms with Crippen molar-refractivity contribution < 1.29 is 4.79 Å². The molecule has 3 rings (SSSR count). The number of pyridine rings is 1. The Balaban J connectivity index is 1.68. The molecule has 5 heteroatoms. The van der Waals surface area contributed by atoms with Crippen LogP contribution in [-0.2, 0) is 6.54 Å². The zero-order chi connectivity index (χ0) is 16.8. The molecule has 0 aliphatic carbocycles. The Bertz CT molecular complexity index is 837. The van der Waals surface area contributed by atoms with Gasteiger partial charge in [0.15, 0.2) is 0 Å². The van der Waals surface area contributed by atoms with Crippen molar-refractivity contribution in [2.24, 2.45) is 0 Å². The minimum atomic E-state index is -0.151. The summed E-state index contributed by atoms with van der Waals surface area (Å²) in [5, 5.41) is 6.15. The third kappa shape index (κ3) is 4.20. The number of carbonyl (C=O) groups is 1. The number of aromatic nitrogens is 1. The molecule has 3 aromatic rings. The van der Waals surface area contributed by atoms with Gasteiger partial charge in [0.05, 0.1) is 23.1 Å². The molecule has 0 fully saturated rings. The Morgan fingerprint density at radius 3 is 2.54 bits per heavy atom. The number of hydrogen-bond acceptors (Lipinski definition) is 3. The van der Waals surface area contributed by atoms with Crippen molar-refractivity contribution >= 4 is 33.2 Å². The summed E-state index contributed by atoms with van der Waals surface area (Å²) in [4.78, 5) is 16.4. The predicted octanol–water partition coefficient (Wildman–Crippen LogP) is 4.52. The van der Waals surface area contributed by atoms with E-state index in [2.05, 4.69) is 31.5 Å². The molecule has 0 saturated carbocycles. The molecule has 0 saturated heterocycles. The minimum absolute atomic E-state index is 0.151. The van der Waals surface area contributed by atoms with Gasteiger partial charge < -0.3 is 10.6 Å². The molecule has 24 heavy (non-hydrogen) atoms. The molecule has 0 aliphatic rings. The van der Waals surface area contributed by atoms with E-state index in [0.29, 0.717) is 12.1 Å². The second-order valence-corrected chi connectivity index (χ2v) is 6.09. The van der Waals surface area contributed by atoms with Crippen LogP contribution in [0.15, 0.2) is 77.5 Å². The van der Waals surface area contributed by atoms with Crippen LogP contribution in [0.5, 0.6) is 0 Å². The average Bonchev–Trinajstić information content (AvgIpc) is 2.63. The highest BCUT2D eigenvalue weighted by Gasteiger charge is 2.07. The van der Waals surface area contributed by atoms with E-state index < -0.39 is 0 Å². The molecule has 2 aromatic carbocycles. The summed E-state index contributed by atoms with van der Waals surface area (Å²) in [7, 11) is 0. The molecule has 0 spiro atoms. The maximum atomic E-state index is 12.3. The number of benzene rings is 2. The van der Waals surface area contributed by atoms with Gasteiger partial charge in [-0.1, -0.05) is 42.5 Å². The molecule has 0 bridgehead atoms. The van der Waals surface area contributed by atoms with Gasteiger partial charge >= 0.3 is 0 Å². The van der Waals surface area contributed by atoms with Gasteiger partial charge in [0.1, 0.15) is 0 Å². The SMILES string of the molecule is O=C(NCc1ccccc1)c1cncc(Nc2ccccc2Br)c1. The molecule has 1 heterocycles. The Hall–Kier alpha value is -2.66. The summed E-state index contributed by atoms with van der Waals surface area (Å²) >= 11 is 3.49. The Morgan fingerprint density at radius 1 is 1.00 bits per heavy atom. The smallest absolute Gasteiger partial charge is 0.253 e. The third-order valence-corrected chi connectivity index (χ3v) is 4.14. The van der Waals surface area contributed by atoms with E-state index in [-0.39, 0.29) is 5.91 Å². The molecule has 0 radical (unpaired) electrons. The standard InChI is InChI=1S/C19H16BrN3O/c20-17-8-4-5-9-18(17)23-16-10-15(12-21-13-16)19(24)22-11-14-6-2-1-3-7-14/h1-10,12-13,23H,11H2,(H,22,24). The van der Waals surface area contributed by atoms with Gasteiger partial charge in [-0.2, -0.15) is 0 Å². The van der Waals surface area contributed by atoms with Crippen LogP contribution in [0.3, 0.4) is 0 Å². The molecule has 0 unspecified atom stereocenters. The number of para-hydroxylation sites is 1. The van der Waals surface area contributed by atoms with E-state index in [1.54, 1.807) is 18.5 Å². The Labute approximate surface area is 149 Å². The van der Waals surface area contributed by atoms with E-state index in [4.69, 9.17) is 0 Å². The fraction of sp³-hybridized carbons (Fsp3) is 0.0526. The number of rotatable bonds is 5. The highest BCUT2D eigenvalue weighted by Crippen LogP contribution is 2.25. The molecule has 2 N–H and O–H groups in total. The maximum absolute atomic E-state index is 12.3. The van der Waals surface area contributed by atoms with Gasteiger partial charge in [-0.05, 0) is 39.7 Å². The number of hydrogen-bond donors (Lipinski definition) is 2. The number of anilines is 2. The lowest BCUT2D eigenvalue weighted by atomic mass is 10.2. The van der Waals surface area contributed by atoms with Crippen molar-refractivity contribution in [2.45, 2.75) is 6.54 Å². The van der Waals surface area contributed by atoms with Crippen LogP contribution < -0.4 is 10.6 Å². The lowest BCUT2D eigenvalue weighted by molar-refractivity contribution is 0.0950. The zero-order valence-electron chi connectivity index (χ0n) is 12.9. The van der Waals surface area contributed by atoms with Gasteiger partial charge in [0.25, 0.3) is 5.91 Å². The summed E-state index contributed by atoms with van der Waals surface area (Å²) in [6, 6.07) is 19.4. The van der Waals surface area contributed by atoms with Crippen LogP contribution in [0.2, 0.25) is 0 Å². The molecular formula is C19H16BrN3O. The van der Waals surface area contributed by atoms with E-state index in [1.165, 1.54) is 0 Å². The second kappa shape index (κ2) is 7.75. The quantitative estimate of drug-likeness (QED) is 0.682. The Kier molecular flexibility index (Phi) is 5.23. The van der Waals surface area contributed by atoms with Crippen molar-refractivity contribution in [2.75, 3.05) is 5.32 Å². The first-order valence-corrected chi connectivity index (χ1v) is 8.30. The molecular weight excluding hydrogens is 366 g/mol. The van der Waals surface area contributed by atoms with E-state index >= 15 is 0 Å². The van der Waals surface area contributed by atoms with Gasteiger partial charge in [-0.25, -0.2) is 0 Å². The van der Waals surface area contributed by atoms with Crippen LogP contribution in [0.1, 0.15) is 15.9 Å². The Morgan fingerprint density at radius 2 is 1.75 bits per heavy atom. The number of halogens is 1. The molecule has 120 valence electrons. The largest absolute Gasteiger partial charge is 0.353 e. The zero-order valence-corrected chi connectivity index (χ0v) is 14.5. The van der Waals surface area contributed by atoms with E-state index in [1.807, 2.05) is 54.6 Å². The summed E-state index contributed by atoms with van der Waals surface area (Å²) in [6.07, 6.45) is 3.25. The summed E-state index contributed by atoms with van der Waals surface area (Å²) in [5.41, 5.74) is 3.25. The van der Waals surface area contributed by atoms with E-state index in [9.17, 15) is 4.79 Å². The van der Waals surface area contributed by atoms with Crippen LogP contribution in [0.25, 0.3) is 0 Å². The van der Waals surface area contributed by atoms with Crippen LogP contribution in [0, 0.1) is 0 Å². The fourth-order valence-corrected chi connectivity index (χ4v) is 2.61. The molecule has 4 nitrogen and oxygen atoms in total. The van der Waals surface area contributed by atoms with Crippen molar-refractivity contribution in [3.63, 3.8) is 0 Å². The van der Waals surface area contributed by atoms with Gasteiger partial charge in [-0.15, -0.1) is 0 Å².